The molecule has 0 aliphatic carbocycles. The Morgan fingerprint density at radius 1 is 0.952 bits per heavy atom. The molecule has 1 unspecified atom stereocenters. The van der Waals surface area contributed by atoms with Crippen LogP contribution in [-0.4, -0.2) is 55.1 Å². The molecule has 0 radical (unpaired) electrons. The van der Waals surface area contributed by atoms with Gasteiger partial charge in [0.2, 0.25) is 0 Å². The van der Waals surface area contributed by atoms with Crippen LogP contribution < -0.4 is 5.32 Å². The highest BCUT2D eigenvalue weighted by Gasteiger charge is 2.19. The fourth-order valence-corrected chi connectivity index (χ4v) is 3.52. The summed E-state index contributed by atoms with van der Waals surface area (Å²) < 4.78 is 0. The van der Waals surface area contributed by atoms with Crippen LogP contribution in [0.25, 0.3) is 0 Å². The van der Waals surface area contributed by atoms with E-state index in [1.54, 1.807) is 0 Å². The van der Waals surface area contributed by atoms with Gasteiger partial charge in [0, 0.05) is 38.8 Å². The van der Waals surface area contributed by atoms with Crippen molar-refractivity contribution < 1.29 is 0 Å². The first-order chi connectivity index (χ1) is 10.4. The lowest BCUT2D eigenvalue weighted by Crippen LogP contribution is -2.47. The summed E-state index contributed by atoms with van der Waals surface area (Å²) >= 11 is 0. The lowest BCUT2D eigenvalue weighted by molar-refractivity contribution is 0.122. The largest absolute Gasteiger partial charge is 0.314 e. The van der Waals surface area contributed by atoms with Crippen molar-refractivity contribution in [1.82, 2.24) is 15.1 Å². The zero-order valence-electron chi connectivity index (χ0n) is 13.1. The van der Waals surface area contributed by atoms with Crippen LogP contribution in [0.15, 0.2) is 30.3 Å². The first-order valence-corrected chi connectivity index (χ1v) is 8.62. The smallest absolute Gasteiger partial charge is 0.0234 e. The van der Waals surface area contributed by atoms with Crippen LogP contribution in [0.4, 0.5) is 0 Å². The molecule has 1 aromatic carbocycles. The Labute approximate surface area is 129 Å². The Hall–Kier alpha value is -0.900. The Morgan fingerprint density at radius 2 is 1.71 bits per heavy atom. The third kappa shape index (κ3) is 4.80. The highest BCUT2D eigenvalue weighted by atomic mass is 15.3. The number of hydrogen-bond donors (Lipinski definition) is 1. The predicted octanol–water partition coefficient (Wildman–Crippen LogP) is 2.34. The third-order valence-electron chi connectivity index (χ3n) is 4.92. The van der Waals surface area contributed by atoms with E-state index in [1.165, 1.54) is 70.5 Å². The van der Waals surface area contributed by atoms with Gasteiger partial charge in [-0.15, -0.1) is 0 Å². The summed E-state index contributed by atoms with van der Waals surface area (Å²) in [7, 11) is 0. The van der Waals surface area contributed by atoms with Gasteiger partial charge in [-0.3, -0.25) is 4.90 Å². The normalized spacial score (nSPS) is 25.0. The second kappa shape index (κ2) is 7.92. The minimum absolute atomic E-state index is 0.779. The fraction of sp³-hybridized carbons (Fsp3) is 0.667. The van der Waals surface area contributed by atoms with Crippen LogP contribution in [-0.2, 0) is 6.54 Å². The van der Waals surface area contributed by atoms with E-state index in [-0.39, 0.29) is 0 Å². The summed E-state index contributed by atoms with van der Waals surface area (Å²) in [6.45, 7) is 8.52. The summed E-state index contributed by atoms with van der Waals surface area (Å²) in [6, 6.07) is 11.6. The number of nitrogens with one attached hydrogen (secondary N) is 1. The van der Waals surface area contributed by atoms with Crippen molar-refractivity contribution in [2.75, 3.05) is 39.3 Å². The minimum Gasteiger partial charge on any atom is -0.314 e. The Bertz CT molecular complexity index is 392. The quantitative estimate of drug-likeness (QED) is 0.897. The van der Waals surface area contributed by atoms with Gasteiger partial charge in [0.05, 0.1) is 0 Å². The van der Waals surface area contributed by atoms with Crippen LogP contribution >= 0.6 is 0 Å². The van der Waals surface area contributed by atoms with Crippen LogP contribution in [0.5, 0.6) is 0 Å². The molecule has 116 valence electrons. The third-order valence-corrected chi connectivity index (χ3v) is 4.92. The van der Waals surface area contributed by atoms with Crippen molar-refractivity contribution in [2.45, 2.75) is 38.3 Å². The van der Waals surface area contributed by atoms with E-state index in [9.17, 15) is 0 Å². The molecule has 0 bridgehead atoms. The van der Waals surface area contributed by atoms with Crippen molar-refractivity contribution >= 4 is 0 Å². The summed E-state index contributed by atoms with van der Waals surface area (Å²) in [5.74, 6) is 0. The number of rotatable bonds is 5. The minimum atomic E-state index is 0.779. The highest BCUT2D eigenvalue weighted by Crippen LogP contribution is 2.12. The van der Waals surface area contributed by atoms with Gasteiger partial charge >= 0.3 is 0 Å². The molecule has 2 aliphatic heterocycles. The summed E-state index contributed by atoms with van der Waals surface area (Å²) in [6.07, 6.45) is 5.50. The molecule has 2 aliphatic rings. The second-order valence-corrected chi connectivity index (χ2v) is 6.54. The standard InChI is InChI=1S/C18H29N3/c1-2-6-17(7-3-1)16-21-14-12-20(13-15-21)11-9-18-8-4-5-10-19-18/h1-3,6-7,18-19H,4-5,8-16H2. The Morgan fingerprint density at radius 3 is 2.43 bits per heavy atom. The molecule has 2 heterocycles. The SMILES string of the molecule is c1ccc(CN2CCN(CCC3CCCCN3)CC2)cc1. The molecule has 0 amide bonds. The van der Waals surface area contributed by atoms with Crippen LogP contribution in [0.2, 0.25) is 0 Å². The van der Waals surface area contributed by atoms with Crippen molar-refractivity contribution in [3.63, 3.8) is 0 Å². The van der Waals surface area contributed by atoms with Gasteiger partial charge in [0.1, 0.15) is 0 Å². The maximum absolute atomic E-state index is 3.66. The molecule has 3 nitrogen and oxygen atoms in total. The molecule has 1 aromatic rings. The Balaban J connectivity index is 1.35. The summed E-state index contributed by atoms with van der Waals surface area (Å²) in [5.41, 5.74) is 1.44. The van der Waals surface area contributed by atoms with Gasteiger partial charge in [-0.1, -0.05) is 36.8 Å². The first kappa shape index (κ1) is 15.0. The van der Waals surface area contributed by atoms with Gasteiger partial charge in [-0.05, 0) is 37.9 Å². The van der Waals surface area contributed by atoms with Crippen LogP contribution in [0.3, 0.4) is 0 Å². The molecule has 0 aromatic heterocycles. The average molecular weight is 287 g/mol. The average Bonchev–Trinajstić information content (AvgIpc) is 2.56. The van der Waals surface area contributed by atoms with Crippen LogP contribution in [0, 0.1) is 0 Å². The number of hydrogen-bond acceptors (Lipinski definition) is 3. The van der Waals surface area contributed by atoms with Gasteiger partial charge < -0.3 is 10.2 Å². The van der Waals surface area contributed by atoms with Gasteiger partial charge in [-0.25, -0.2) is 0 Å². The number of piperazine rings is 1. The van der Waals surface area contributed by atoms with Crippen molar-refractivity contribution in [1.29, 1.82) is 0 Å². The topological polar surface area (TPSA) is 18.5 Å². The van der Waals surface area contributed by atoms with Crippen LogP contribution in [0.1, 0.15) is 31.2 Å². The van der Waals surface area contributed by atoms with E-state index in [4.69, 9.17) is 0 Å². The van der Waals surface area contributed by atoms with Crippen molar-refractivity contribution in [3.05, 3.63) is 35.9 Å². The second-order valence-electron chi connectivity index (χ2n) is 6.54. The number of nitrogens with zero attached hydrogens (tertiary/aromatic N) is 2. The number of benzene rings is 1. The van der Waals surface area contributed by atoms with E-state index in [0.717, 1.165) is 12.6 Å². The van der Waals surface area contributed by atoms with Crippen molar-refractivity contribution in [3.8, 4) is 0 Å². The lowest BCUT2D eigenvalue weighted by atomic mass is 10.0. The fourth-order valence-electron chi connectivity index (χ4n) is 3.52. The maximum atomic E-state index is 3.66. The van der Waals surface area contributed by atoms with Crippen molar-refractivity contribution in [2.24, 2.45) is 0 Å². The van der Waals surface area contributed by atoms with Gasteiger partial charge in [0.15, 0.2) is 0 Å². The molecule has 21 heavy (non-hydrogen) atoms. The van der Waals surface area contributed by atoms with Gasteiger partial charge in [0.25, 0.3) is 0 Å². The zero-order valence-corrected chi connectivity index (χ0v) is 13.1. The van der Waals surface area contributed by atoms with E-state index in [1.807, 2.05) is 0 Å². The first-order valence-electron chi connectivity index (χ1n) is 8.62. The molecular formula is C18H29N3. The summed E-state index contributed by atoms with van der Waals surface area (Å²) in [4.78, 5) is 5.24. The molecule has 3 heteroatoms. The molecular weight excluding hydrogens is 258 g/mol. The van der Waals surface area contributed by atoms with E-state index in [2.05, 4.69) is 45.4 Å². The Kier molecular flexibility index (Phi) is 5.67. The lowest BCUT2D eigenvalue weighted by Gasteiger charge is -2.35. The van der Waals surface area contributed by atoms with E-state index < -0.39 is 0 Å². The molecule has 0 saturated carbocycles. The molecule has 1 atom stereocenters. The molecule has 2 saturated heterocycles. The van der Waals surface area contributed by atoms with Gasteiger partial charge in [-0.2, -0.15) is 0 Å². The molecule has 0 spiro atoms. The van der Waals surface area contributed by atoms with E-state index in [0.29, 0.717) is 0 Å². The number of piperidine rings is 1. The molecule has 1 N–H and O–H groups in total. The summed E-state index contributed by atoms with van der Waals surface area (Å²) in [5, 5.41) is 3.66. The predicted molar refractivity (Wildman–Crippen MR) is 88.4 cm³/mol. The highest BCUT2D eigenvalue weighted by molar-refractivity contribution is 5.14. The molecule has 3 rings (SSSR count). The molecule has 2 fully saturated rings. The maximum Gasteiger partial charge on any atom is 0.0234 e. The zero-order chi connectivity index (χ0) is 14.3. The van der Waals surface area contributed by atoms with E-state index >= 15 is 0 Å². The monoisotopic (exact) mass is 287 g/mol.